The van der Waals surface area contributed by atoms with E-state index in [0.717, 1.165) is 5.56 Å². The van der Waals surface area contributed by atoms with Crippen molar-refractivity contribution in [3.8, 4) is 0 Å². The molecule has 0 amide bonds. The van der Waals surface area contributed by atoms with Gasteiger partial charge in [0, 0.05) is 5.56 Å². The number of nitrogens with one attached hydrogen (secondary N) is 1. The molecule has 0 spiro atoms. The molecule has 4 heteroatoms. The van der Waals surface area contributed by atoms with E-state index in [1.54, 1.807) is 0 Å². The Morgan fingerprint density at radius 2 is 1.77 bits per heavy atom. The van der Waals surface area contributed by atoms with Crippen LogP contribution in [-0.2, 0) is 4.74 Å². The van der Waals surface area contributed by atoms with Crippen molar-refractivity contribution in [1.82, 2.24) is 0 Å². The summed E-state index contributed by atoms with van der Waals surface area (Å²) in [6, 6.07) is 9.42. The molecule has 0 bridgehead atoms. The molecule has 0 radical (unpaired) electrons. The van der Waals surface area contributed by atoms with Crippen molar-refractivity contribution in [2.45, 2.75) is 6.92 Å². The lowest BCUT2D eigenvalue weighted by molar-refractivity contribution is 0.325. The van der Waals surface area contributed by atoms with Gasteiger partial charge in [0.05, 0.1) is 6.61 Å². The predicted molar refractivity (Wildman–Crippen MR) is 59.4 cm³/mol. The molecule has 0 aliphatic heterocycles. The minimum Gasteiger partial charge on any atom is -0.478 e. The molecule has 1 rings (SSSR count). The number of benzene rings is 1. The Labute approximate surface area is 90.6 Å². The first kappa shape index (κ1) is 14.8. The Morgan fingerprint density at radius 1 is 1.23 bits per heavy atom. The maximum absolute atomic E-state index is 7.41. The number of halogens is 2. The van der Waals surface area contributed by atoms with Gasteiger partial charge in [-0.15, -0.1) is 24.8 Å². The standard InChI is InChI=1S/C9H11NO.2ClH/c1-2-11-9(10)8-6-4-3-5-7-8;;/h3-7,10H,2H2,1H3;2*1H. The lowest BCUT2D eigenvalue weighted by Crippen LogP contribution is -2.03. The van der Waals surface area contributed by atoms with Gasteiger partial charge in [0.1, 0.15) is 0 Å². The minimum atomic E-state index is 0. The SMILES string of the molecule is CCOC(=N)c1ccccc1.Cl.Cl. The van der Waals surface area contributed by atoms with Crippen molar-refractivity contribution in [2.75, 3.05) is 6.61 Å². The van der Waals surface area contributed by atoms with Crippen LogP contribution in [0.4, 0.5) is 0 Å². The molecule has 0 aromatic heterocycles. The molecule has 0 heterocycles. The summed E-state index contributed by atoms with van der Waals surface area (Å²) < 4.78 is 5.01. The molecule has 0 atom stereocenters. The smallest absolute Gasteiger partial charge is 0.213 e. The van der Waals surface area contributed by atoms with Crippen LogP contribution in [0.2, 0.25) is 0 Å². The van der Waals surface area contributed by atoms with Crippen LogP contribution < -0.4 is 0 Å². The lowest BCUT2D eigenvalue weighted by Gasteiger charge is -2.02. The van der Waals surface area contributed by atoms with Gasteiger partial charge < -0.3 is 4.74 Å². The number of hydrogen-bond acceptors (Lipinski definition) is 2. The quantitative estimate of drug-likeness (QED) is 0.605. The Hall–Kier alpha value is -0.730. The van der Waals surface area contributed by atoms with E-state index in [4.69, 9.17) is 10.1 Å². The van der Waals surface area contributed by atoms with Gasteiger partial charge >= 0.3 is 0 Å². The molecule has 0 saturated carbocycles. The monoisotopic (exact) mass is 221 g/mol. The first-order valence-electron chi connectivity index (χ1n) is 3.61. The fourth-order valence-corrected chi connectivity index (χ4v) is 0.817. The van der Waals surface area contributed by atoms with Gasteiger partial charge in [-0.05, 0) is 19.1 Å². The molecule has 74 valence electrons. The highest BCUT2D eigenvalue weighted by molar-refractivity contribution is 5.91. The van der Waals surface area contributed by atoms with Crippen molar-refractivity contribution in [2.24, 2.45) is 0 Å². The van der Waals surface area contributed by atoms with Gasteiger partial charge in [0.2, 0.25) is 5.90 Å². The summed E-state index contributed by atoms with van der Waals surface area (Å²) in [6.45, 7) is 2.42. The molecule has 2 nitrogen and oxygen atoms in total. The first-order chi connectivity index (χ1) is 5.34. The predicted octanol–water partition coefficient (Wildman–Crippen LogP) is 2.89. The normalized spacial score (nSPS) is 7.77. The van der Waals surface area contributed by atoms with Gasteiger partial charge in [-0.25, -0.2) is 0 Å². The lowest BCUT2D eigenvalue weighted by atomic mass is 10.2. The van der Waals surface area contributed by atoms with Gasteiger partial charge in [-0.3, -0.25) is 5.41 Å². The minimum absolute atomic E-state index is 0. The van der Waals surface area contributed by atoms with Crippen LogP contribution in [0.1, 0.15) is 12.5 Å². The molecule has 0 unspecified atom stereocenters. The van der Waals surface area contributed by atoms with E-state index in [1.807, 2.05) is 37.3 Å². The van der Waals surface area contributed by atoms with Crippen molar-refractivity contribution in [3.05, 3.63) is 35.9 Å². The largest absolute Gasteiger partial charge is 0.478 e. The third kappa shape index (κ3) is 4.76. The zero-order valence-corrected chi connectivity index (χ0v) is 8.95. The summed E-state index contributed by atoms with van der Waals surface area (Å²) in [5.74, 6) is 0.244. The van der Waals surface area contributed by atoms with E-state index in [2.05, 4.69) is 0 Å². The van der Waals surface area contributed by atoms with Crippen molar-refractivity contribution < 1.29 is 4.74 Å². The fourth-order valence-electron chi connectivity index (χ4n) is 0.817. The van der Waals surface area contributed by atoms with Crippen molar-refractivity contribution >= 4 is 30.7 Å². The molecule has 13 heavy (non-hydrogen) atoms. The second kappa shape index (κ2) is 7.90. The summed E-state index contributed by atoms with van der Waals surface area (Å²) in [6.07, 6.45) is 0. The molecule has 0 fully saturated rings. The molecular weight excluding hydrogens is 209 g/mol. The first-order valence-corrected chi connectivity index (χ1v) is 3.61. The van der Waals surface area contributed by atoms with Crippen LogP contribution in [0.3, 0.4) is 0 Å². The second-order valence-corrected chi connectivity index (χ2v) is 2.13. The van der Waals surface area contributed by atoms with E-state index < -0.39 is 0 Å². The Bertz CT molecular complexity index is 239. The molecule has 0 saturated heterocycles. The molecule has 1 N–H and O–H groups in total. The highest BCUT2D eigenvalue weighted by atomic mass is 35.5. The topological polar surface area (TPSA) is 33.1 Å². The van der Waals surface area contributed by atoms with Crippen LogP contribution >= 0.6 is 24.8 Å². The summed E-state index contributed by atoms with van der Waals surface area (Å²) in [5, 5.41) is 7.41. The zero-order valence-electron chi connectivity index (χ0n) is 7.32. The van der Waals surface area contributed by atoms with Crippen molar-refractivity contribution in [1.29, 1.82) is 5.41 Å². The highest BCUT2D eigenvalue weighted by Gasteiger charge is 1.97. The van der Waals surface area contributed by atoms with Crippen LogP contribution in [0, 0.1) is 5.41 Å². The van der Waals surface area contributed by atoms with E-state index in [-0.39, 0.29) is 30.7 Å². The summed E-state index contributed by atoms with van der Waals surface area (Å²) in [7, 11) is 0. The van der Waals surface area contributed by atoms with Crippen molar-refractivity contribution in [3.63, 3.8) is 0 Å². The van der Waals surface area contributed by atoms with E-state index in [1.165, 1.54) is 0 Å². The summed E-state index contributed by atoms with van der Waals surface area (Å²) in [4.78, 5) is 0. The van der Waals surface area contributed by atoms with E-state index in [9.17, 15) is 0 Å². The van der Waals surface area contributed by atoms with Gasteiger partial charge in [-0.2, -0.15) is 0 Å². The molecule has 0 aliphatic rings. The highest BCUT2D eigenvalue weighted by Crippen LogP contribution is 1.99. The second-order valence-electron chi connectivity index (χ2n) is 2.13. The van der Waals surface area contributed by atoms with Crippen LogP contribution in [0.15, 0.2) is 30.3 Å². The average molecular weight is 222 g/mol. The summed E-state index contributed by atoms with van der Waals surface area (Å²) >= 11 is 0. The number of hydrogen-bond donors (Lipinski definition) is 1. The number of ether oxygens (including phenoxy) is 1. The Morgan fingerprint density at radius 3 is 2.23 bits per heavy atom. The van der Waals surface area contributed by atoms with Crippen LogP contribution in [0.5, 0.6) is 0 Å². The third-order valence-corrected chi connectivity index (χ3v) is 1.32. The van der Waals surface area contributed by atoms with Gasteiger partial charge in [-0.1, -0.05) is 18.2 Å². The van der Waals surface area contributed by atoms with Crippen LogP contribution in [-0.4, -0.2) is 12.5 Å². The van der Waals surface area contributed by atoms with Gasteiger partial charge in [0.15, 0.2) is 0 Å². The third-order valence-electron chi connectivity index (χ3n) is 1.32. The molecule has 0 aliphatic carbocycles. The Kier molecular flexibility index (Phi) is 8.97. The van der Waals surface area contributed by atoms with E-state index in [0.29, 0.717) is 6.61 Å². The molecule has 1 aromatic rings. The maximum Gasteiger partial charge on any atom is 0.213 e. The van der Waals surface area contributed by atoms with Gasteiger partial charge in [0.25, 0.3) is 0 Å². The maximum atomic E-state index is 7.41. The zero-order chi connectivity index (χ0) is 8.10. The van der Waals surface area contributed by atoms with E-state index >= 15 is 0 Å². The Balaban J connectivity index is 0. The molecular formula is C9H13Cl2NO. The molecule has 1 aromatic carbocycles. The van der Waals surface area contributed by atoms with Crippen LogP contribution in [0.25, 0.3) is 0 Å². The number of rotatable bonds is 2. The summed E-state index contributed by atoms with van der Waals surface area (Å²) in [5.41, 5.74) is 0.828. The average Bonchev–Trinajstić information content (AvgIpc) is 2.07. The fraction of sp³-hybridized carbons (Fsp3) is 0.222.